The molecule has 0 spiro atoms. The second-order valence-electron chi connectivity index (χ2n) is 3.36. The maximum atomic E-state index is 6.09. The van der Waals surface area contributed by atoms with E-state index in [1.54, 1.807) is 0 Å². The van der Waals surface area contributed by atoms with E-state index in [-0.39, 0.29) is 11.9 Å². The second-order valence-corrected chi connectivity index (χ2v) is 3.77. The highest BCUT2D eigenvalue weighted by molar-refractivity contribution is 6.33. The predicted octanol–water partition coefficient (Wildman–Crippen LogP) is 1.66. The van der Waals surface area contributed by atoms with Crippen LogP contribution >= 0.6 is 11.6 Å². The average Bonchev–Trinajstić information content (AvgIpc) is 2.15. The summed E-state index contributed by atoms with van der Waals surface area (Å²) in [5.41, 5.74) is 12.7. The third kappa shape index (κ3) is 2.04. The number of aromatic nitrogens is 3. The molecule has 1 aromatic carbocycles. The molecule has 2 rings (SSSR count). The van der Waals surface area contributed by atoms with Crippen molar-refractivity contribution in [1.29, 1.82) is 0 Å². The largest absolute Gasteiger partial charge is 0.368 e. The summed E-state index contributed by atoms with van der Waals surface area (Å²) in [6.07, 6.45) is 0. The highest BCUT2D eigenvalue weighted by Crippen LogP contribution is 2.26. The highest BCUT2D eigenvalue weighted by Gasteiger charge is 2.08. The van der Waals surface area contributed by atoms with Crippen molar-refractivity contribution in [3.8, 4) is 11.4 Å². The van der Waals surface area contributed by atoms with Crippen LogP contribution < -0.4 is 11.5 Å². The van der Waals surface area contributed by atoms with E-state index in [0.29, 0.717) is 16.4 Å². The molecule has 0 unspecified atom stereocenters. The minimum atomic E-state index is 0.0825. The topological polar surface area (TPSA) is 90.7 Å². The molecule has 82 valence electrons. The number of nitrogen functional groups attached to an aromatic ring is 2. The molecule has 0 aliphatic carbocycles. The summed E-state index contributed by atoms with van der Waals surface area (Å²) in [5, 5.41) is 0.560. The molecule has 0 saturated carbocycles. The number of halogens is 1. The van der Waals surface area contributed by atoms with Crippen LogP contribution in [0.2, 0.25) is 5.02 Å². The Kier molecular flexibility index (Phi) is 2.62. The summed E-state index contributed by atoms with van der Waals surface area (Å²) in [5.74, 6) is 0.549. The van der Waals surface area contributed by atoms with Crippen molar-refractivity contribution in [2.75, 3.05) is 11.5 Å². The smallest absolute Gasteiger partial charge is 0.225 e. The molecule has 0 aliphatic rings. The van der Waals surface area contributed by atoms with Gasteiger partial charge in [-0.1, -0.05) is 17.7 Å². The van der Waals surface area contributed by atoms with Crippen molar-refractivity contribution in [2.24, 2.45) is 0 Å². The molecule has 0 amide bonds. The van der Waals surface area contributed by atoms with Gasteiger partial charge in [-0.3, -0.25) is 0 Å². The molecule has 4 N–H and O–H groups in total. The number of hydrogen-bond donors (Lipinski definition) is 2. The van der Waals surface area contributed by atoms with E-state index in [1.165, 1.54) is 0 Å². The van der Waals surface area contributed by atoms with Crippen molar-refractivity contribution in [3.63, 3.8) is 0 Å². The van der Waals surface area contributed by atoms with Gasteiger partial charge in [0, 0.05) is 5.56 Å². The van der Waals surface area contributed by atoms with E-state index in [4.69, 9.17) is 23.1 Å². The predicted molar refractivity (Wildman–Crippen MR) is 63.8 cm³/mol. The number of nitrogens with zero attached hydrogens (tertiary/aromatic N) is 3. The maximum Gasteiger partial charge on any atom is 0.225 e. The fourth-order valence-electron chi connectivity index (χ4n) is 1.33. The van der Waals surface area contributed by atoms with Gasteiger partial charge < -0.3 is 11.5 Å². The molecule has 1 aromatic heterocycles. The molecule has 0 radical (unpaired) electrons. The van der Waals surface area contributed by atoms with Gasteiger partial charge in [0.1, 0.15) is 0 Å². The zero-order valence-electron chi connectivity index (χ0n) is 8.61. The van der Waals surface area contributed by atoms with Gasteiger partial charge in [0.25, 0.3) is 0 Å². The van der Waals surface area contributed by atoms with Gasteiger partial charge in [-0.25, -0.2) is 0 Å². The van der Waals surface area contributed by atoms with Gasteiger partial charge in [-0.2, -0.15) is 15.0 Å². The molecule has 16 heavy (non-hydrogen) atoms. The minimum absolute atomic E-state index is 0.0825. The number of rotatable bonds is 1. The Balaban J connectivity index is 2.58. The summed E-state index contributed by atoms with van der Waals surface area (Å²) >= 11 is 6.09. The first-order valence-electron chi connectivity index (χ1n) is 4.60. The fraction of sp³-hybridized carbons (Fsp3) is 0.100. The van der Waals surface area contributed by atoms with Crippen LogP contribution in [0.1, 0.15) is 5.56 Å². The third-order valence-electron chi connectivity index (χ3n) is 2.04. The number of hydrogen-bond acceptors (Lipinski definition) is 5. The lowest BCUT2D eigenvalue weighted by Gasteiger charge is -2.04. The molecule has 0 aliphatic heterocycles. The Hall–Kier alpha value is -1.88. The molecule has 0 saturated heterocycles. The summed E-state index contributed by atoms with van der Waals surface area (Å²) < 4.78 is 0. The van der Waals surface area contributed by atoms with E-state index in [2.05, 4.69) is 15.0 Å². The standard InChI is InChI=1S/C10H10ClN5/c1-5-2-3-6(7(11)4-5)8-14-9(12)16-10(13)15-8/h2-4H,1H3,(H4,12,13,14,15,16). The molecule has 1 heterocycles. The lowest BCUT2D eigenvalue weighted by Crippen LogP contribution is -2.04. The van der Waals surface area contributed by atoms with Crippen molar-refractivity contribution in [2.45, 2.75) is 6.92 Å². The van der Waals surface area contributed by atoms with Gasteiger partial charge in [-0.05, 0) is 24.6 Å². The first-order valence-corrected chi connectivity index (χ1v) is 4.97. The Morgan fingerprint density at radius 2 is 1.69 bits per heavy atom. The van der Waals surface area contributed by atoms with E-state index < -0.39 is 0 Å². The maximum absolute atomic E-state index is 6.09. The zero-order chi connectivity index (χ0) is 11.7. The average molecular weight is 236 g/mol. The van der Waals surface area contributed by atoms with E-state index in [1.807, 2.05) is 25.1 Å². The van der Waals surface area contributed by atoms with Crippen LogP contribution in [0, 0.1) is 6.92 Å². The summed E-state index contributed by atoms with van der Waals surface area (Å²) in [6.45, 7) is 1.95. The van der Waals surface area contributed by atoms with Gasteiger partial charge in [-0.15, -0.1) is 0 Å². The Bertz CT molecular complexity index is 520. The fourth-order valence-corrected chi connectivity index (χ4v) is 1.65. The van der Waals surface area contributed by atoms with Crippen LogP contribution in [0.3, 0.4) is 0 Å². The van der Waals surface area contributed by atoms with Crippen LogP contribution in [0.5, 0.6) is 0 Å². The molecule has 0 bridgehead atoms. The van der Waals surface area contributed by atoms with E-state index in [0.717, 1.165) is 5.56 Å². The van der Waals surface area contributed by atoms with Crippen molar-refractivity contribution >= 4 is 23.5 Å². The van der Waals surface area contributed by atoms with Crippen LogP contribution in [0.4, 0.5) is 11.9 Å². The molecule has 0 atom stereocenters. The normalized spacial score (nSPS) is 10.4. The SMILES string of the molecule is Cc1ccc(-c2nc(N)nc(N)n2)c(Cl)c1. The van der Waals surface area contributed by atoms with Crippen LogP contribution in [0.15, 0.2) is 18.2 Å². The van der Waals surface area contributed by atoms with Crippen LogP contribution in [0.25, 0.3) is 11.4 Å². The van der Waals surface area contributed by atoms with E-state index in [9.17, 15) is 0 Å². The lowest BCUT2D eigenvalue weighted by atomic mass is 10.1. The summed E-state index contributed by atoms with van der Waals surface area (Å²) in [4.78, 5) is 11.7. The number of benzene rings is 1. The van der Waals surface area contributed by atoms with Gasteiger partial charge in [0.2, 0.25) is 11.9 Å². The summed E-state index contributed by atoms with van der Waals surface area (Å²) in [6, 6.07) is 5.57. The molecule has 0 fully saturated rings. The van der Waals surface area contributed by atoms with Gasteiger partial charge >= 0.3 is 0 Å². The number of anilines is 2. The minimum Gasteiger partial charge on any atom is -0.368 e. The van der Waals surface area contributed by atoms with Crippen LogP contribution in [-0.2, 0) is 0 Å². The molecular weight excluding hydrogens is 226 g/mol. The van der Waals surface area contributed by atoms with Crippen molar-refractivity contribution in [3.05, 3.63) is 28.8 Å². The number of aryl methyl sites for hydroxylation is 1. The van der Waals surface area contributed by atoms with Crippen molar-refractivity contribution in [1.82, 2.24) is 15.0 Å². The molecule has 5 nitrogen and oxygen atoms in total. The molecular formula is C10H10ClN5. The lowest BCUT2D eigenvalue weighted by molar-refractivity contribution is 1.09. The Morgan fingerprint density at radius 1 is 1.06 bits per heavy atom. The van der Waals surface area contributed by atoms with E-state index >= 15 is 0 Å². The first kappa shape index (κ1) is 10.6. The Labute approximate surface area is 97.5 Å². The third-order valence-corrected chi connectivity index (χ3v) is 2.35. The van der Waals surface area contributed by atoms with Gasteiger partial charge in [0.05, 0.1) is 5.02 Å². The molecule has 2 aromatic rings. The second kappa shape index (κ2) is 3.94. The number of nitrogens with two attached hydrogens (primary N) is 2. The Morgan fingerprint density at radius 3 is 2.25 bits per heavy atom. The first-order chi connectivity index (χ1) is 7.56. The molecule has 6 heteroatoms. The van der Waals surface area contributed by atoms with Crippen LogP contribution in [-0.4, -0.2) is 15.0 Å². The zero-order valence-corrected chi connectivity index (χ0v) is 9.36. The quantitative estimate of drug-likeness (QED) is 0.785. The van der Waals surface area contributed by atoms with Gasteiger partial charge in [0.15, 0.2) is 5.82 Å². The van der Waals surface area contributed by atoms with Crippen molar-refractivity contribution < 1.29 is 0 Å². The summed E-state index contributed by atoms with van der Waals surface area (Å²) in [7, 11) is 0. The monoisotopic (exact) mass is 235 g/mol. The highest BCUT2D eigenvalue weighted by atomic mass is 35.5.